The van der Waals surface area contributed by atoms with Crippen LogP contribution in [0.25, 0.3) is 0 Å². The fraction of sp³-hybridized carbons (Fsp3) is 0.240. The Morgan fingerprint density at radius 3 is 2.22 bits per heavy atom. The van der Waals surface area contributed by atoms with Gasteiger partial charge >= 0.3 is 0 Å². The molecule has 0 aromatic heterocycles. The lowest BCUT2D eigenvalue weighted by atomic mass is 10.1. The second kappa shape index (κ2) is 10.2. The number of benzene rings is 3. The van der Waals surface area contributed by atoms with Crippen molar-refractivity contribution in [3.8, 4) is 0 Å². The van der Waals surface area contributed by atoms with Crippen LogP contribution >= 0.6 is 11.6 Å². The van der Waals surface area contributed by atoms with Crippen LogP contribution in [0.4, 0.5) is 5.69 Å². The highest BCUT2D eigenvalue weighted by atomic mass is 35.5. The van der Waals surface area contributed by atoms with Crippen molar-refractivity contribution in [3.63, 3.8) is 0 Å². The Kier molecular flexibility index (Phi) is 7.59. The van der Waals surface area contributed by atoms with Gasteiger partial charge in [0.2, 0.25) is 5.91 Å². The zero-order valence-electron chi connectivity index (χ0n) is 18.4. The average Bonchev–Trinajstić information content (AvgIpc) is 2.78. The molecule has 0 saturated carbocycles. The molecule has 0 aliphatic rings. The number of hydrogen-bond acceptors (Lipinski definition) is 3. The molecule has 7 heteroatoms. The van der Waals surface area contributed by atoms with Gasteiger partial charge in [-0.2, -0.15) is 0 Å². The van der Waals surface area contributed by atoms with Crippen LogP contribution in [0.15, 0.2) is 77.7 Å². The summed E-state index contributed by atoms with van der Waals surface area (Å²) in [5.74, 6) is -0.391. The summed E-state index contributed by atoms with van der Waals surface area (Å²) >= 11 is 5.93. The van der Waals surface area contributed by atoms with Crippen molar-refractivity contribution in [1.29, 1.82) is 0 Å². The van der Waals surface area contributed by atoms with Gasteiger partial charge in [-0.3, -0.25) is 9.10 Å². The molecule has 0 aliphatic carbocycles. The number of carbonyl (C=O) groups is 1. The molecule has 168 valence electrons. The van der Waals surface area contributed by atoms with Crippen molar-refractivity contribution >= 4 is 33.2 Å². The standard InChI is InChI=1S/C25H27ClN2O3S/c1-4-20-9-11-21(12-10-20)19(3)27-25(29)17-28(24-8-6-5-7-18(24)2)32(30,31)23-15-13-22(26)14-16-23/h5-16,19H,4,17H2,1-3H3,(H,27,29)/t19-/m0/s1. The third-order valence-electron chi connectivity index (χ3n) is 5.34. The molecule has 3 rings (SSSR count). The van der Waals surface area contributed by atoms with Crippen molar-refractivity contribution in [2.45, 2.75) is 38.1 Å². The molecule has 0 fully saturated rings. The Morgan fingerprint density at radius 2 is 1.62 bits per heavy atom. The van der Waals surface area contributed by atoms with Crippen molar-refractivity contribution in [2.24, 2.45) is 0 Å². The largest absolute Gasteiger partial charge is 0.348 e. The zero-order chi connectivity index (χ0) is 23.3. The quantitative estimate of drug-likeness (QED) is 0.486. The minimum Gasteiger partial charge on any atom is -0.348 e. The number of aryl methyl sites for hydroxylation is 2. The third-order valence-corrected chi connectivity index (χ3v) is 7.36. The topological polar surface area (TPSA) is 66.5 Å². The van der Waals surface area contributed by atoms with Crippen LogP contribution in [0.5, 0.6) is 0 Å². The first-order valence-corrected chi connectivity index (χ1v) is 12.3. The molecule has 1 N–H and O–H groups in total. The van der Waals surface area contributed by atoms with E-state index in [1.54, 1.807) is 12.1 Å². The van der Waals surface area contributed by atoms with Gasteiger partial charge in [0.05, 0.1) is 16.6 Å². The number of nitrogens with one attached hydrogen (secondary N) is 1. The lowest BCUT2D eigenvalue weighted by Gasteiger charge is -2.26. The van der Waals surface area contributed by atoms with E-state index in [1.807, 2.05) is 50.2 Å². The number of para-hydroxylation sites is 1. The molecule has 0 bridgehead atoms. The summed E-state index contributed by atoms with van der Waals surface area (Å²) in [5, 5.41) is 3.36. The Labute approximate surface area is 195 Å². The predicted molar refractivity (Wildman–Crippen MR) is 130 cm³/mol. The second-order valence-corrected chi connectivity index (χ2v) is 9.94. The SMILES string of the molecule is CCc1ccc([C@H](C)NC(=O)CN(c2ccccc2C)S(=O)(=O)c2ccc(Cl)cc2)cc1. The van der Waals surface area contributed by atoms with Gasteiger partial charge in [-0.25, -0.2) is 8.42 Å². The van der Waals surface area contributed by atoms with E-state index in [2.05, 4.69) is 12.2 Å². The fourth-order valence-electron chi connectivity index (χ4n) is 3.42. The van der Waals surface area contributed by atoms with Gasteiger partial charge in [0.25, 0.3) is 10.0 Å². The summed E-state index contributed by atoms with van der Waals surface area (Å²) < 4.78 is 28.1. The molecular weight excluding hydrogens is 444 g/mol. The van der Waals surface area contributed by atoms with Gasteiger partial charge in [-0.1, -0.05) is 61.0 Å². The van der Waals surface area contributed by atoms with E-state index in [-0.39, 0.29) is 17.5 Å². The van der Waals surface area contributed by atoms with Gasteiger partial charge in [-0.15, -0.1) is 0 Å². The smallest absolute Gasteiger partial charge is 0.264 e. The van der Waals surface area contributed by atoms with Crippen LogP contribution in [0, 0.1) is 6.92 Å². The molecule has 1 amide bonds. The van der Waals surface area contributed by atoms with Gasteiger partial charge in [0.15, 0.2) is 0 Å². The van der Waals surface area contributed by atoms with Crippen molar-refractivity contribution in [2.75, 3.05) is 10.8 Å². The number of sulfonamides is 1. The van der Waals surface area contributed by atoms with E-state index in [9.17, 15) is 13.2 Å². The Bertz CT molecular complexity index is 1180. The van der Waals surface area contributed by atoms with Crippen LogP contribution < -0.4 is 9.62 Å². The van der Waals surface area contributed by atoms with E-state index in [4.69, 9.17) is 11.6 Å². The monoisotopic (exact) mass is 470 g/mol. The summed E-state index contributed by atoms with van der Waals surface area (Å²) in [6, 6.07) is 20.8. The summed E-state index contributed by atoms with van der Waals surface area (Å²) in [7, 11) is -3.98. The molecule has 0 radical (unpaired) electrons. The minimum absolute atomic E-state index is 0.0705. The normalized spacial score (nSPS) is 12.2. The summed E-state index contributed by atoms with van der Waals surface area (Å²) in [5.41, 5.74) is 3.38. The first kappa shape index (κ1) is 23.8. The van der Waals surface area contributed by atoms with Gasteiger partial charge < -0.3 is 5.32 Å². The maximum absolute atomic E-state index is 13.5. The van der Waals surface area contributed by atoms with Crippen LogP contribution in [0.2, 0.25) is 5.02 Å². The predicted octanol–water partition coefficient (Wildman–Crippen LogP) is 5.28. The molecule has 1 atom stereocenters. The maximum Gasteiger partial charge on any atom is 0.264 e. The molecule has 32 heavy (non-hydrogen) atoms. The van der Waals surface area contributed by atoms with E-state index in [1.165, 1.54) is 29.8 Å². The summed E-state index contributed by atoms with van der Waals surface area (Å²) in [6.07, 6.45) is 0.939. The molecule has 0 aliphatic heterocycles. The summed E-state index contributed by atoms with van der Waals surface area (Å²) in [4.78, 5) is 13.0. The highest BCUT2D eigenvalue weighted by Gasteiger charge is 2.28. The van der Waals surface area contributed by atoms with Crippen LogP contribution in [-0.2, 0) is 21.2 Å². The first-order valence-electron chi connectivity index (χ1n) is 10.4. The number of carbonyl (C=O) groups excluding carboxylic acids is 1. The minimum atomic E-state index is -3.98. The lowest BCUT2D eigenvalue weighted by Crippen LogP contribution is -2.41. The Balaban J connectivity index is 1.87. The number of halogens is 1. The van der Waals surface area contributed by atoms with E-state index >= 15 is 0 Å². The van der Waals surface area contributed by atoms with Crippen LogP contribution in [0.3, 0.4) is 0 Å². The highest BCUT2D eigenvalue weighted by Crippen LogP contribution is 2.27. The zero-order valence-corrected chi connectivity index (χ0v) is 20.0. The number of hydrogen-bond donors (Lipinski definition) is 1. The molecule has 0 spiro atoms. The molecule has 3 aromatic rings. The summed E-state index contributed by atoms with van der Waals surface area (Å²) in [6.45, 7) is 5.44. The molecule has 3 aromatic carbocycles. The highest BCUT2D eigenvalue weighted by molar-refractivity contribution is 7.92. The number of rotatable bonds is 8. The second-order valence-electron chi connectivity index (χ2n) is 7.64. The van der Waals surface area contributed by atoms with Crippen molar-refractivity contribution in [1.82, 2.24) is 5.32 Å². The lowest BCUT2D eigenvalue weighted by molar-refractivity contribution is -0.120. The van der Waals surface area contributed by atoms with Crippen LogP contribution in [-0.4, -0.2) is 20.9 Å². The van der Waals surface area contributed by atoms with Gasteiger partial charge in [-0.05, 0) is 67.3 Å². The van der Waals surface area contributed by atoms with Crippen molar-refractivity contribution < 1.29 is 13.2 Å². The number of anilines is 1. The fourth-order valence-corrected chi connectivity index (χ4v) is 5.03. The molecular formula is C25H27ClN2O3S. The van der Waals surface area contributed by atoms with E-state index < -0.39 is 15.9 Å². The average molecular weight is 471 g/mol. The molecule has 5 nitrogen and oxygen atoms in total. The maximum atomic E-state index is 13.5. The third kappa shape index (κ3) is 5.50. The van der Waals surface area contributed by atoms with Crippen LogP contribution in [0.1, 0.15) is 36.6 Å². The number of nitrogens with zero attached hydrogens (tertiary/aromatic N) is 1. The first-order chi connectivity index (χ1) is 15.2. The van der Waals surface area contributed by atoms with Crippen molar-refractivity contribution in [3.05, 3.63) is 94.5 Å². The molecule has 0 heterocycles. The van der Waals surface area contributed by atoms with Gasteiger partial charge in [0, 0.05) is 5.02 Å². The Hall–Kier alpha value is -2.83. The van der Waals surface area contributed by atoms with E-state index in [0.29, 0.717) is 10.7 Å². The molecule has 0 saturated heterocycles. The van der Waals surface area contributed by atoms with E-state index in [0.717, 1.165) is 21.9 Å². The van der Waals surface area contributed by atoms with Gasteiger partial charge in [0.1, 0.15) is 6.54 Å². The number of amides is 1. The molecule has 0 unspecified atom stereocenters. The Morgan fingerprint density at radius 1 is 1.00 bits per heavy atom.